The molecule has 1 saturated heterocycles. The largest absolute Gasteiger partial charge is 0.480 e. The number of rotatable bonds is 3. The highest BCUT2D eigenvalue weighted by Gasteiger charge is 2.20. The van der Waals surface area contributed by atoms with E-state index in [4.69, 9.17) is 15.9 Å². The molecule has 0 aromatic rings. The molecule has 88 valence electrons. The average molecular weight is 236 g/mol. The van der Waals surface area contributed by atoms with Crippen LogP contribution in [0.2, 0.25) is 0 Å². The van der Waals surface area contributed by atoms with Crippen molar-refractivity contribution in [2.45, 2.75) is 24.9 Å². The number of hydrogen-bond donors (Lipinski definition) is 5. The van der Waals surface area contributed by atoms with Crippen LogP contribution in [0.1, 0.15) is 12.8 Å². The van der Waals surface area contributed by atoms with Crippen LogP contribution < -0.4 is 11.1 Å². The van der Waals surface area contributed by atoms with E-state index in [2.05, 4.69) is 17.9 Å². The third-order valence-corrected chi connectivity index (χ3v) is 2.27. The van der Waals surface area contributed by atoms with Crippen LogP contribution >= 0.6 is 12.6 Å². The van der Waals surface area contributed by atoms with E-state index in [-0.39, 0.29) is 11.8 Å². The normalized spacial score (nSPS) is 21.3. The summed E-state index contributed by atoms with van der Waals surface area (Å²) in [6.07, 6.45) is 1.78. The monoisotopic (exact) mass is 236 g/mol. The molecule has 1 aliphatic rings. The number of nitrogens with one attached hydrogen (secondary N) is 1. The zero-order valence-corrected chi connectivity index (χ0v) is 9.11. The molecule has 1 fully saturated rings. The molecule has 0 unspecified atom stereocenters. The second-order valence-corrected chi connectivity index (χ2v) is 3.48. The van der Waals surface area contributed by atoms with Gasteiger partial charge < -0.3 is 21.3 Å². The van der Waals surface area contributed by atoms with Gasteiger partial charge in [0.25, 0.3) is 0 Å². The van der Waals surface area contributed by atoms with Gasteiger partial charge in [0.15, 0.2) is 0 Å². The molecular formula is C8H16N2O4S. The first-order valence-electron chi connectivity index (χ1n) is 4.54. The van der Waals surface area contributed by atoms with Gasteiger partial charge in [-0.15, -0.1) is 0 Å². The summed E-state index contributed by atoms with van der Waals surface area (Å²) in [6.45, 7) is 0.858. The van der Waals surface area contributed by atoms with E-state index in [1.54, 1.807) is 0 Å². The SMILES string of the molecule is N[C@@H](CS)C(=O)O.O=C(O)[C@@H]1CCCN1. The summed E-state index contributed by atoms with van der Waals surface area (Å²) >= 11 is 3.65. The molecule has 0 amide bonds. The molecule has 0 saturated carbocycles. The van der Waals surface area contributed by atoms with Crippen LogP contribution in [0.3, 0.4) is 0 Å². The van der Waals surface area contributed by atoms with Gasteiger partial charge in [-0.1, -0.05) is 0 Å². The lowest BCUT2D eigenvalue weighted by Crippen LogP contribution is -2.31. The molecule has 0 aromatic carbocycles. The molecule has 6 nitrogen and oxygen atoms in total. The van der Waals surface area contributed by atoms with Crippen LogP contribution in [0.15, 0.2) is 0 Å². The number of thiol groups is 1. The molecular weight excluding hydrogens is 220 g/mol. The maximum Gasteiger partial charge on any atom is 0.321 e. The summed E-state index contributed by atoms with van der Waals surface area (Å²) < 4.78 is 0. The molecule has 1 rings (SSSR count). The van der Waals surface area contributed by atoms with Gasteiger partial charge >= 0.3 is 11.9 Å². The number of carboxylic acid groups (broad SMARTS) is 2. The van der Waals surface area contributed by atoms with E-state index in [9.17, 15) is 9.59 Å². The van der Waals surface area contributed by atoms with Crippen molar-refractivity contribution in [2.24, 2.45) is 5.73 Å². The Labute approximate surface area is 93.3 Å². The fraction of sp³-hybridized carbons (Fsp3) is 0.750. The lowest BCUT2D eigenvalue weighted by atomic mass is 10.2. The van der Waals surface area contributed by atoms with Crippen molar-refractivity contribution in [3.8, 4) is 0 Å². The van der Waals surface area contributed by atoms with Crippen LogP contribution in [0.4, 0.5) is 0 Å². The van der Waals surface area contributed by atoms with Crippen molar-refractivity contribution < 1.29 is 19.8 Å². The van der Waals surface area contributed by atoms with Crippen molar-refractivity contribution in [1.82, 2.24) is 5.32 Å². The molecule has 1 heterocycles. The molecule has 2 atom stereocenters. The van der Waals surface area contributed by atoms with Crippen LogP contribution in [-0.2, 0) is 9.59 Å². The zero-order chi connectivity index (χ0) is 11.8. The van der Waals surface area contributed by atoms with Gasteiger partial charge in [0.1, 0.15) is 12.1 Å². The Morgan fingerprint density at radius 3 is 2.27 bits per heavy atom. The first kappa shape index (κ1) is 14.2. The van der Waals surface area contributed by atoms with Gasteiger partial charge in [0.05, 0.1) is 0 Å². The Hall–Kier alpha value is -0.790. The smallest absolute Gasteiger partial charge is 0.321 e. The minimum absolute atomic E-state index is 0.190. The van der Waals surface area contributed by atoms with E-state index in [1.807, 2.05) is 0 Å². The number of hydrogen-bond acceptors (Lipinski definition) is 5. The highest BCUT2D eigenvalue weighted by molar-refractivity contribution is 7.80. The lowest BCUT2D eigenvalue weighted by Gasteiger charge is -1.99. The van der Waals surface area contributed by atoms with Gasteiger partial charge in [-0.3, -0.25) is 9.59 Å². The molecule has 0 aromatic heterocycles. The molecule has 0 radical (unpaired) electrons. The van der Waals surface area contributed by atoms with Crippen LogP contribution in [-0.4, -0.2) is 46.5 Å². The molecule has 7 heteroatoms. The van der Waals surface area contributed by atoms with Gasteiger partial charge in [0.2, 0.25) is 0 Å². The number of carbonyl (C=O) groups is 2. The molecule has 0 spiro atoms. The minimum atomic E-state index is -1.00. The Bertz CT molecular complexity index is 219. The maximum atomic E-state index is 10.1. The first-order chi connectivity index (χ1) is 6.99. The van der Waals surface area contributed by atoms with E-state index >= 15 is 0 Å². The zero-order valence-electron chi connectivity index (χ0n) is 8.22. The van der Waals surface area contributed by atoms with E-state index in [1.165, 1.54) is 0 Å². The molecule has 5 N–H and O–H groups in total. The van der Waals surface area contributed by atoms with Gasteiger partial charge in [-0.2, -0.15) is 12.6 Å². The van der Waals surface area contributed by atoms with E-state index < -0.39 is 18.0 Å². The van der Waals surface area contributed by atoms with E-state index in [0.29, 0.717) is 0 Å². The average Bonchev–Trinajstić information content (AvgIpc) is 2.70. The topological polar surface area (TPSA) is 113 Å². The van der Waals surface area contributed by atoms with Crippen LogP contribution in [0.5, 0.6) is 0 Å². The van der Waals surface area contributed by atoms with Crippen LogP contribution in [0.25, 0.3) is 0 Å². The third kappa shape index (κ3) is 6.32. The minimum Gasteiger partial charge on any atom is -0.480 e. The Morgan fingerprint density at radius 1 is 1.53 bits per heavy atom. The van der Waals surface area contributed by atoms with Crippen molar-refractivity contribution in [3.05, 3.63) is 0 Å². The summed E-state index contributed by atoms with van der Waals surface area (Å²) in [5, 5.41) is 19.2. The third-order valence-electron chi connectivity index (χ3n) is 1.87. The lowest BCUT2D eigenvalue weighted by molar-refractivity contribution is -0.139. The summed E-state index contributed by atoms with van der Waals surface area (Å²) in [6, 6.07) is -1.08. The van der Waals surface area contributed by atoms with Crippen molar-refractivity contribution in [1.29, 1.82) is 0 Å². The van der Waals surface area contributed by atoms with Gasteiger partial charge in [0, 0.05) is 5.75 Å². The summed E-state index contributed by atoms with van der Waals surface area (Å²) in [5.74, 6) is -1.53. The summed E-state index contributed by atoms with van der Waals surface area (Å²) in [5.41, 5.74) is 4.94. The predicted molar refractivity (Wildman–Crippen MR) is 58.1 cm³/mol. The van der Waals surface area contributed by atoms with Crippen molar-refractivity contribution in [3.63, 3.8) is 0 Å². The molecule has 0 bridgehead atoms. The Balaban J connectivity index is 0.000000265. The Morgan fingerprint density at radius 2 is 2.13 bits per heavy atom. The standard InChI is InChI=1S/C5H9NO2.C3H7NO2S/c7-5(8)4-2-1-3-6-4;4-2(1-7)3(5)6/h4,6H,1-3H2,(H,7,8);2,7H,1,4H2,(H,5,6)/t4-;2-/m00/s1. The number of nitrogens with two attached hydrogens (primary N) is 1. The van der Waals surface area contributed by atoms with Gasteiger partial charge in [-0.25, -0.2) is 0 Å². The van der Waals surface area contributed by atoms with Crippen molar-refractivity contribution in [2.75, 3.05) is 12.3 Å². The molecule has 1 aliphatic heterocycles. The van der Waals surface area contributed by atoms with E-state index in [0.717, 1.165) is 19.4 Å². The first-order valence-corrected chi connectivity index (χ1v) is 5.17. The quantitative estimate of drug-likeness (QED) is 0.408. The summed E-state index contributed by atoms with van der Waals surface area (Å²) in [4.78, 5) is 19.9. The molecule has 0 aliphatic carbocycles. The maximum absolute atomic E-state index is 10.1. The number of aliphatic carboxylic acids is 2. The second kappa shape index (κ2) is 7.49. The number of carboxylic acids is 2. The summed E-state index contributed by atoms with van der Waals surface area (Å²) in [7, 11) is 0. The van der Waals surface area contributed by atoms with Crippen LogP contribution in [0, 0.1) is 0 Å². The molecule has 15 heavy (non-hydrogen) atoms. The highest BCUT2D eigenvalue weighted by Crippen LogP contribution is 2.03. The second-order valence-electron chi connectivity index (χ2n) is 3.11. The fourth-order valence-corrected chi connectivity index (χ4v) is 1.13. The Kier molecular flexibility index (Phi) is 7.10. The highest BCUT2D eigenvalue weighted by atomic mass is 32.1. The van der Waals surface area contributed by atoms with Gasteiger partial charge in [-0.05, 0) is 19.4 Å². The predicted octanol–water partition coefficient (Wildman–Crippen LogP) is -0.849. The fourth-order valence-electron chi connectivity index (χ4n) is 0.973. The van der Waals surface area contributed by atoms with Crippen molar-refractivity contribution >= 4 is 24.6 Å².